The van der Waals surface area contributed by atoms with E-state index in [1.165, 1.54) is 19.3 Å². The van der Waals surface area contributed by atoms with Gasteiger partial charge in [-0.2, -0.15) is 15.2 Å². The number of ether oxygens (including phenoxy) is 1. The third kappa shape index (κ3) is 5.37. The highest BCUT2D eigenvalue weighted by Gasteiger charge is 2.40. The van der Waals surface area contributed by atoms with Crippen LogP contribution >= 0.6 is 0 Å². The zero-order valence-electron chi connectivity index (χ0n) is 20.9. The minimum absolute atomic E-state index is 0.0108. The van der Waals surface area contributed by atoms with E-state index >= 15 is 0 Å². The number of pyridine rings is 1. The lowest BCUT2D eigenvalue weighted by atomic mass is 9.81. The third-order valence-electron chi connectivity index (χ3n) is 7.69. The largest absolute Gasteiger partial charge is 0.481 e. The predicted molar refractivity (Wildman–Crippen MR) is 135 cm³/mol. The number of piperidine rings is 2. The van der Waals surface area contributed by atoms with Crippen molar-refractivity contribution in [2.75, 3.05) is 31.0 Å². The lowest BCUT2D eigenvalue weighted by Crippen LogP contribution is -2.56. The molecule has 5 atom stereocenters. The van der Waals surface area contributed by atoms with E-state index in [1.807, 2.05) is 12.1 Å². The number of anilines is 2. The Morgan fingerprint density at radius 3 is 2.72 bits per heavy atom. The fourth-order valence-corrected chi connectivity index (χ4v) is 5.80. The number of rotatable bonds is 8. The molecule has 11 heteroatoms. The SMILES string of the molecule is COc1cc(NC2CC(CO)NN2)nc(N(C)C2C[C@H]3CCC[C@@H](C2)N3Cc2ccnc(C#N)c2)n1. The molecular formula is C25H35N9O2. The number of methoxy groups -OCH3 is 1. The van der Waals surface area contributed by atoms with Crippen LogP contribution in [-0.2, 0) is 6.54 Å². The molecule has 3 aliphatic rings. The van der Waals surface area contributed by atoms with Gasteiger partial charge in [-0.3, -0.25) is 10.3 Å². The third-order valence-corrected chi connectivity index (χ3v) is 7.69. The quantitative estimate of drug-likeness (QED) is 0.425. The minimum atomic E-state index is -0.0442. The van der Waals surface area contributed by atoms with E-state index in [2.05, 4.69) is 49.1 Å². The van der Waals surface area contributed by atoms with E-state index < -0.39 is 0 Å². The Balaban J connectivity index is 1.29. The highest BCUT2D eigenvalue weighted by molar-refractivity contribution is 5.47. The van der Waals surface area contributed by atoms with Gasteiger partial charge in [0.05, 0.1) is 19.9 Å². The van der Waals surface area contributed by atoms with Crippen molar-refractivity contribution in [3.8, 4) is 11.9 Å². The maximum absolute atomic E-state index is 9.38. The summed E-state index contributed by atoms with van der Waals surface area (Å²) in [6, 6.07) is 9.18. The molecule has 0 amide bonds. The topological polar surface area (TPSA) is 134 Å². The van der Waals surface area contributed by atoms with Crippen LogP contribution in [0.4, 0.5) is 11.8 Å². The molecule has 3 unspecified atom stereocenters. The van der Waals surface area contributed by atoms with Gasteiger partial charge < -0.3 is 20.1 Å². The van der Waals surface area contributed by atoms with Crippen molar-refractivity contribution in [3.05, 3.63) is 35.7 Å². The summed E-state index contributed by atoms with van der Waals surface area (Å²) in [7, 11) is 3.70. The number of nitriles is 1. The van der Waals surface area contributed by atoms with Gasteiger partial charge in [-0.15, -0.1) is 0 Å². The van der Waals surface area contributed by atoms with Gasteiger partial charge in [0, 0.05) is 56.4 Å². The van der Waals surface area contributed by atoms with Crippen LogP contribution in [0.1, 0.15) is 49.8 Å². The molecule has 3 fully saturated rings. The number of hydrogen-bond donors (Lipinski definition) is 4. The molecule has 3 aliphatic heterocycles. The van der Waals surface area contributed by atoms with Crippen LogP contribution in [0.15, 0.2) is 24.4 Å². The molecule has 2 aromatic rings. The second-order valence-electron chi connectivity index (χ2n) is 10.0. The zero-order chi connectivity index (χ0) is 25.1. The first-order chi connectivity index (χ1) is 17.6. The summed E-state index contributed by atoms with van der Waals surface area (Å²) >= 11 is 0. The molecule has 36 heavy (non-hydrogen) atoms. The Bertz CT molecular complexity index is 1080. The first kappa shape index (κ1) is 24.6. The van der Waals surface area contributed by atoms with Crippen molar-refractivity contribution in [3.63, 3.8) is 0 Å². The molecule has 2 bridgehead atoms. The van der Waals surface area contributed by atoms with Crippen molar-refractivity contribution < 1.29 is 9.84 Å². The first-order valence-corrected chi connectivity index (χ1v) is 12.7. The second kappa shape index (κ2) is 10.9. The Kier molecular flexibility index (Phi) is 7.48. The summed E-state index contributed by atoms with van der Waals surface area (Å²) in [5.41, 5.74) is 7.85. The zero-order valence-corrected chi connectivity index (χ0v) is 20.9. The average Bonchev–Trinajstić information content (AvgIpc) is 3.35. The summed E-state index contributed by atoms with van der Waals surface area (Å²) in [5, 5.41) is 22.0. The first-order valence-electron chi connectivity index (χ1n) is 12.7. The molecule has 0 radical (unpaired) electrons. The summed E-state index contributed by atoms with van der Waals surface area (Å²) in [6.07, 6.45) is 8.11. The number of aliphatic hydroxyl groups is 1. The number of aromatic nitrogens is 3. The molecule has 2 aromatic heterocycles. The van der Waals surface area contributed by atoms with Crippen LogP contribution in [-0.4, -0.2) is 76.1 Å². The van der Waals surface area contributed by atoms with E-state index in [9.17, 15) is 10.4 Å². The van der Waals surface area contributed by atoms with E-state index in [0.29, 0.717) is 41.5 Å². The fourth-order valence-electron chi connectivity index (χ4n) is 5.80. The molecule has 5 heterocycles. The van der Waals surface area contributed by atoms with Crippen molar-refractivity contribution in [1.29, 1.82) is 5.26 Å². The number of hydrazine groups is 1. The van der Waals surface area contributed by atoms with Crippen LogP contribution < -0.4 is 25.8 Å². The second-order valence-corrected chi connectivity index (χ2v) is 10.0. The monoisotopic (exact) mass is 493 g/mol. The van der Waals surface area contributed by atoms with E-state index in [4.69, 9.17) is 9.72 Å². The van der Waals surface area contributed by atoms with Gasteiger partial charge in [0.2, 0.25) is 11.8 Å². The minimum Gasteiger partial charge on any atom is -0.481 e. The summed E-state index contributed by atoms with van der Waals surface area (Å²) < 4.78 is 5.49. The number of nitrogens with zero attached hydrogens (tertiary/aromatic N) is 6. The molecule has 192 valence electrons. The lowest BCUT2D eigenvalue weighted by Gasteiger charge is -2.50. The Labute approximate surface area is 211 Å². The lowest BCUT2D eigenvalue weighted by molar-refractivity contribution is 0.0234. The Morgan fingerprint density at radius 2 is 2.03 bits per heavy atom. The molecule has 0 aromatic carbocycles. The summed E-state index contributed by atoms with van der Waals surface area (Å²) in [6.45, 7) is 0.928. The van der Waals surface area contributed by atoms with Crippen LogP contribution in [0.5, 0.6) is 5.88 Å². The molecule has 3 saturated heterocycles. The van der Waals surface area contributed by atoms with Crippen molar-refractivity contribution in [1.82, 2.24) is 30.7 Å². The molecule has 0 aliphatic carbocycles. The average molecular weight is 494 g/mol. The van der Waals surface area contributed by atoms with Gasteiger partial charge in [0.1, 0.15) is 17.6 Å². The number of hydrogen-bond acceptors (Lipinski definition) is 11. The number of fused-ring (bicyclic) bond motifs is 2. The van der Waals surface area contributed by atoms with Crippen LogP contribution in [0.2, 0.25) is 0 Å². The molecule has 4 N–H and O–H groups in total. The van der Waals surface area contributed by atoms with Gasteiger partial charge in [-0.25, -0.2) is 10.4 Å². The molecule has 11 nitrogen and oxygen atoms in total. The Morgan fingerprint density at radius 1 is 1.22 bits per heavy atom. The normalized spacial score (nSPS) is 27.9. The van der Waals surface area contributed by atoms with Crippen molar-refractivity contribution >= 4 is 11.8 Å². The molecule has 0 spiro atoms. The van der Waals surface area contributed by atoms with E-state index in [1.54, 1.807) is 19.4 Å². The van der Waals surface area contributed by atoms with Crippen molar-refractivity contribution in [2.24, 2.45) is 0 Å². The predicted octanol–water partition coefficient (Wildman–Crippen LogP) is 1.37. The number of aliphatic hydroxyl groups excluding tert-OH is 1. The maximum atomic E-state index is 9.38. The smallest absolute Gasteiger partial charge is 0.230 e. The van der Waals surface area contributed by atoms with Gasteiger partial charge in [0.15, 0.2) is 0 Å². The van der Waals surface area contributed by atoms with Gasteiger partial charge in [-0.1, -0.05) is 6.42 Å². The van der Waals surface area contributed by atoms with E-state index in [0.717, 1.165) is 31.4 Å². The number of nitrogens with one attached hydrogen (secondary N) is 3. The summed E-state index contributed by atoms with van der Waals surface area (Å²) in [4.78, 5) is 18.4. The molecular weight excluding hydrogens is 458 g/mol. The van der Waals surface area contributed by atoms with Crippen molar-refractivity contribution in [2.45, 2.75) is 75.4 Å². The molecule has 0 saturated carbocycles. The van der Waals surface area contributed by atoms with E-state index in [-0.39, 0.29) is 18.8 Å². The highest BCUT2D eigenvalue weighted by Crippen LogP contribution is 2.37. The molecule has 5 rings (SSSR count). The standard InChI is InChI=1S/C25H35N9O2/c1-33(25-29-22(12-24(30-25)36-2)28-23-9-18(15-35)31-32-23)21-10-19-4-3-5-20(11-21)34(19)14-16-6-7-27-17(8-16)13-26/h6-8,12,18-21,23,31-32,35H,3-5,9-11,14-15H2,1-2H3,(H,28,29,30)/t18?,19-,20+,21?,23?. The highest BCUT2D eigenvalue weighted by atomic mass is 16.5. The van der Waals surface area contributed by atoms with Crippen LogP contribution in [0.25, 0.3) is 0 Å². The van der Waals surface area contributed by atoms with Gasteiger partial charge >= 0.3 is 0 Å². The Hall–Kier alpha value is -3.04. The maximum Gasteiger partial charge on any atom is 0.230 e. The van der Waals surface area contributed by atoms with Crippen LogP contribution in [0, 0.1) is 11.3 Å². The van der Waals surface area contributed by atoms with Gasteiger partial charge in [-0.05, 0) is 43.4 Å². The van der Waals surface area contributed by atoms with Gasteiger partial charge in [0.25, 0.3) is 0 Å². The fraction of sp³-hybridized carbons (Fsp3) is 0.600. The summed E-state index contributed by atoms with van der Waals surface area (Å²) in [5.74, 6) is 1.85. The van der Waals surface area contributed by atoms with Crippen LogP contribution in [0.3, 0.4) is 0 Å².